The van der Waals surface area contributed by atoms with Gasteiger partial charge in [0, 0.05) is 26.1 Å². The van der Waals surface area contributed by atoms with Crippen LogP contribution in [0.4, 0.5) is 5.13 Å². The molecule has 0 aromatic carbocycles. The Morgan fingerprint density at radius 2 is 2.14 bits per heavy atom. The number of carbonyl (C=O) groups excluding carboxylic acids is 2. The van der Waals surface area contributed by atoms with Gasteiger partial charge in [0.2, 0.25) is 27.0 Å². The zero-order chi connectivity index (χ0) is 21.2. The van der Waals surface area contributed by atoms with Crippen molar-refractivity contribution in [2.75, 3.05) is 37.4 Å². The largest absolute Gasteiger partial charge is 0.483 e. The van der Waals surface area contributed by atoms with Gasteiger partial charge in [-0.15, -0.1) is 10.2 Å². The predicted molar refractivity (Wildman–Crippen MR) is 100 cm³/mol. The number of carboxylic acid groups (broad SMARTS) is 1. The molecule has 0 aliphatic carbocycles. The number of anilines is 1. The van der Waals surface area contributed by atoms with Gasteiger partial charge in [-0.2, -0.15) is 0 Å². The highest BCUT2D eigenvalue weighted by Gasteiger charge is 2.36. The van der Waals surface area contributed by atoms with E-state index in [4.69, 9.17) is 14.6 Å². The average Bonchev–Trinajstić information content (AvgIpc) is 3.26. The number of nitrogens with one attached hydrogen (secondary N) is 2. The molecule has 0 saturated carbocycles. The molecule has 2 amide bonds. The molecule has 3 N–H and O–H groups in total. The van der Waals surface area contributed by atoms with E-state index in [9.17, 15) is 18.0 Å². The summed E-state index contributed by atoms with van der Waals surface area (Å²) < 4.78 is 30.1. The monoisotopic (exact) mass is 437 g/mol. The van der Waals surface area contributed by atoms with Gasteiger partial charge >= 0.3 is 0 Å². The van der Waals surface area contributed by atoms with Crippen molar-refractivity contribution in [3.63, 3.8) is 0 Å². The van der Waals surface area contributed by atoms with Crippen molar-refractivity contribution in [1.82, 2.24) is 20.2 Å². The second-order valence-electron chi connectivity index (χ2n) is 5.44. The Bertz CT molecular complexity index is 768. The van der Waals surface area contributed by atoms with Crippen molar-refractivity contribution in [2.24, 2.45) is 5.92 Å². The van der Waals surface area contributed by atoms with Crippen LogP contribution in [0.15, 0.2) is 0 Å². The van der Waals surface area contributed by atoms with E-state index in [1.807, 2.05) is 6.92 Å². The van der Waals surface area contributed by atoms with Gasteiger partial charge in [-0.3, -0.25) is 19.3 Å². The van der Waals surface area contributed by atoms with E-state index in [2.05, 4.69) is 20.2 Å². The lowest BCUT2D eigenvalue weighted by Gasteiger charge is -2.12. The molecule has 12 nitrogen and oxygen atoms in total. The molecule has 14 heteroatoms. The first-order valence-electron chi connectivity index (χ1n) is 8.25. The number of hydrogen-bond acceptors (Lipinski definition) is 9. The van der Waals surface area contributed by atoms with Crippen LogP contribution in [0.1, 0.15) is 18.4 Å². The van der Waals surface area contributed by atoms with Gasteiger partial charge in [0.15, 0.2) is 0 Å². The Hall–Kier alpha value is -2.16. The lowest BCUT2D eigenvalue weighted by molar-refractivity contribution is -0.126. The molecule has 1 unspecified atom stereocenters. The number of ether oxygens (including phenoxy) is 1. The molecule has 1 atom stereocenters. The van der Waals surface area contributed by atoms with E-state index >= 15 is 0 Å². The Kier molecular flexibility index (Phi) is 9.92. The highest BCUT2D eigenvalue weighted by Crippen LogP contribution is 2.28. The molecular weight excluding hydrogens is 414 g/mol. The quantitative estimate of drug-likeness (QED) is 0.402. The van der Waals surface area contributed by atoms with Gasteiger partial charge in [0.25, 0.3) is 6.47 Å². The molecule has 28 heavy (non-hydrogen) atoms. The zero-order valence-electron chi connectivity index (χ0n) is 15.5. The van der Waals surface area contributed by atoms with Crippen LogP contribution in [0.2, 0.25) is 0 Å². The Morgan fingerprint density at radius 1 is 1.46 bits per heavy atom. The van der Waals surface area contributed by atoms with E-state index in [-0.39, 0.29) is 43.5 Å². The van der Waals surface area contributed by atoms with Crippen LogP contribution in [0.25, 0.3) is 0 Å². The molecule has 1 aromatic rings. The summed E-state index contributed by atoms with van der Waals surface area (Å²) in [6, 6.07) is 0. The van der Waals surface area contributed by atoms with E-state index in [0.29, 0.717) is 23.4 Å². The molecule has 1 aromatic heterocycles. The van der Waals surface area contributed by atoms with Gasteiger partial charge in [-0.1, -0.05) is 11.3 Å². The summed E-state index contributed by atoms with van der Waals surface area (Å²) in [4.78, 5) is 34.1. The number of amides is 2. The molecule has 1 fully saturated rings. The summed E-state index contributed by atoms with van der Waals surface area (Å²) >= 11 is 1.25. The maximum Gasteiger partial charge on any atom is 0.290 e. The summed E-state index contributed by atoms with van der Waals surface area (Å²) in [5, 5.41) is 18.5. The third-order valence-corrected chi connectivity index (χ3v) is 5.88. The van der Waals surface area contributed by atoms with Crippen molar-refractivity contribution in [3.8, 4) is 0 Å². The first-order chi connectivity index (χ1) is 13.3. The maximum absolute atomic E-state index is 12.1. The normalized spacial score (nSPS) is 16.4. The fourth-order valence-electron chi connectivity index (χ4n) is 2.22. The van der Waals surface area contributed by atoms with E-state index in [0.717, 1.165) is 0 Å². The van der Waals surface area contributed by atoms with E-state index in [1.54, 1.807) is 0 Å². The molecule has 1 saturated heterocycles. The first-order valence-corrected chi connectivity index (χ1v) is 10.7. The van der Waals surface area contributed by atoms with Crippen molar-refractivity contribution >= 4 is 44.8 Å². The van der Waals surface area contributed by atoms with Crippen molar-refractivity contribution in [3.05, 3.63) is 5.01 Å². The third-order valence-electron chi connectivity index (χ3n) is 3.59. The van der Waals surface area contributed by atoms with Crippen LogP contribution in [0, 0.1) is 5.92 Å². The molecule has 1 aliphatic rings. The van der Waals surface area contributed by atoms with Crippen LogP contribution in [-0.4, -0.2) is 74.5 Å². The Balaban J connectivity index is 0.00000122. The van der Waals surface area contributed by atoms with Crippen molar-refractivity contribution in [1.29, 1.82) is 0 Å². The topological polar surface area (TPSA) is 168 Å². The number of aromatic nitrogens is 2. The number of sulfonamides is 1. The van der Waals surface area contributed by atoms with Crippen LogP contribution in [-0.2, 0) is 35.8 Å². The fourth-order valence-corrected chi connectivity index (χ4v) is 3.60. The fraction of sp³-hybridized carbons (Fsp3) is 0.643. The van der Waals surface area contributed by atoms with E-state index < -0.39 is 15.9 Å². The molecule has 0 radical (unpaired) electrons. The average molecular weight is 438 g/mol. The minimum atomic E-state index is -3.38. The third kappa shape index (κ3) is 7.46. The first kappa shape index (κ1) is 23.9. The molecule has 2 rings (SSSR count). The highest BCUT2D eigenvalue weighted by molar-refractivity contribution is 7.89. The second kappa shape index (κ2) is 11.6. The van der Waals surface area contributed by atoms with Gasteiger partial charge in [0.05, 0.1) is 11.7 Å². The second-order valence-corrected chi connectivity index (χ2v) is 8.53. The van der Waals surface area contributed by atoms with Gasteiger partial charge in [-0.05, 0) is 14.0 Å². The van der Waals surface area contributed by atoms with Crippen molar-refractivity contribution < 1.29 is 32.6 Å². The summed E-state index contributed by atoms with van der Waals surface area (Å²) in [7, 11) is -2.07. The Labute approximate surface area is 166 Å². The van der Waals surface area contributed by atoms with Crippen LogP contribution in [0.5, 0.6) is 0 Å². The standard InChI is InChI=1S/C13H21N5O5S2.CH2O2/c1-3-23-8-10-16-17-13(24-10)18-7-9(6-11(18)19)12(20)15-4-5-25(21,22)14-2;2-1-3/h9,14H,3-8H2,1-2H3,(H,15,20);1H,(H,2,3). The lowest BCUT2D eigenvalue weighted by Crippen LogP contribution is -2.37. The van der Waals surface area contributed by atoms with Crippen LogP contribution >= 0.6 is 11.3 Å². The van der Waals surface area contributed by atoms with Crippen LogP contribution < -0.4 is 14.9 Å². The molecular formula is C14H23N5O7S2. The van der Waals surface area contributed by atoms with Gasteiger partial charge in [0.1, 0.15) is 11.6 Å². The smallest absolute Gasteiger partial charge is 0.290 e. The van der Waals surface area contributed by atoms with Crippen molar-refractivity contribution in [2.45, 2.75) is 20.0 Å². The Morgan fingerprint density at radius 3 is 2.75 bits per heavy atom. The molecule has 0 bridgehead atoms. The lowest BCUT2D eigenvalue weighted by atomic mass is 10.1. The minimum Gasteiger partial charge on any atom is -0.483 e. The minimum absolute atomic E-state index is 0.00991. The number of carbonyl (C=O) groups is 3. The number of rotatable bonds is 9. The molecule has 158 valence electrons. The summed E-state index contributed by atoms with van der Waals surface area (Å²) in [5.41, 5.74) is 0. The summed E-state index contributed by atoms with van der Waals surface area (Å²) in [6.07, 6.45) is 0.0605. The molecule has 1 aliphatic heterocycles. The summed E-state index contributed by atoms with van der Waals surface area (Å²) in [5.74, 6) is -1.30. The number of nitrogens with zero attached hydrogens (tertiary/aromatic N) is 3. The van der Waals surface area contributed by atoms with Crippen LogP contribution in [0.3, 0.4) is 0 Å². The number of hydrogen-bond donors (Lipinski definition) is 3. The maximum atomic E-state index is 12.1. The zero-order valence-corrected chi connectivity index (χ0v) is 17.1. The van der Waals surface area contributed by atoms with E-state index in [1.165, 1.54) is 23.3 Å². The SMILES string of the molecule is CCOCc1nnc(N2CC(C(=O)NCCS(=O)(=O)NC)CC2=O)s1.O=CO. The summed E-state index contributed by atoms with van der Waals surface area (Å²) in [6.45, 7) is 2.71. The predicted octanol–water partition coefficient (Wildman–Crippen LogP) is -1.21. The molecule has 0 spiro atoms. The molecule has 2 heterocycles. The van der Waals surface area contributed by atoms with Gasteiger partial charge in [-0.25, -0.2) is 13.1 Å². The van der Waals surface area contributed by atoms with Gasteiger partial charge < -0.3 is 15.2 Å². The highest BCUT2D eigenvalue weighted by atomic mass is 32.2.